The molecule has 1 saturated carbocycles. The molecular formula is C18H25N3O4. The average molecular weight is 347 g/mol. The van der Waals surface area contributed by atoms with Gasteiger partial charge in [-0.1, -0.05) is 6.42 Å². The summed E-state index contributed by atoms with van der Waals surface area (Å²) >= 11 is 0. The number of fused-ring (bicyclic) bond motifs is 1. The van der Waals surface area contributed by atoms with Crippen molar-refractivity contribution in [3.05, 3.63) is 18.0 Å². The van der Waals surface area contributed by atoms with E-state index < -0.39 is 11.4 Å². The zero-order valence-corrected chi connectivity index (χ0v) is 14.6. The molecule has 1 amide bonds. The second kappa shape index (κ2) is 6.12. The van der Waals surface area contributed by atoms with Crippen molar-refractivity contribution in [2.45, 2.75) is 45.3 Å². The van der Waals surface area contributed by atoms with Gasteiger partial charge in [0.15, 0.2) is 0 Å². The Morgan fingerprint density at radius 1 is 1.44 bits per heavy atom. The van der Waals surface area contributed by atoms with Crippen molar-refractivity contribution < 1.29 is 19.4 Å². The zero-order valence-electron chi connectivity index (χ0n) is 14.6. The van der Waals surface area contributed by atoms with Crippen molar-refractivity contribution >= 4 is 11.9 Å². The molecule has 7 heteroatoms. The molecule has 1 aromatic heterocycles. The quantitative estimate of drug-likeness (QED) is 0.896. The maximum atomic E-state index is 13.1. The van der Waals surface area contributed by atoms with Gasteiger partial charge in [-0.3, -0.25) is 14.3 Å². The predicted octanol–water partition coefficient (Wildman–Crippen LogP) is 1.69. The number of amides is 1. The van der Waals surface area contributed by atoms with Crippen LogP contribution in [-0.2, 0) is 20.9 Å². The van der Waals surface area contributed by atoms with E-state index in [0.717, 1.165) is 24.9 Å². The van der Waals surface area contributed by atoms with Crippen molar-refractivity contribution in [2.75, 3.05) is 19.7 Å². The Labute approximate surface area is 146 Å². The van der Waals surface area contributed by atoms with Gasteiger partial charge in [-0.25, -0.2) is 0 Å². The van der Waals surface area contributed by atoms with Crippen LogP contribution < -0.4 is 0 Å². The van der Waals surface area contributed by atoms with Crippen molar-refractivity contribution in [3.63, 3.8) is 0 Å². The van der Waals surface area contributed by atoms with E-state index in [4.69, 9.17) is 4.74 Å². The van der Waals surface area contributed by atoms with E-state index in [0.29, 0.717) is 32.5 Å². The third-order valence-corrected chi connectivity index (χ3v) is 6.32. The molecule has 0 radical (unpaired) electrons. The fraction of sp³-hybridized carbons (Fsp3) is 0.722. The molecule has 0 unspecified atom stereocenters. The smallest absolute Gasteiger partial charge is 0.311 e. The molecule has 0 bridgehead atoms. The van der Waals surface area contributed by atoms with Crippen LogP contribution in [0.4, 0.5) is 0 Å². The fourth-order valence-electron chi connectivity index (χ4n) is 4.91. The first kappa shape index (κ1) is 16.6. The molecule has 25 heavy (non-hydrogen) atoms. The Morgan fingerprint density at radius 3 is 2.96 bits per heavy atom. The molecule has 3 heterocycles. The number of likely N-dealkylation sites (tertiary alicyclic amines) is 1. The molecule has 3 aliphatic rings. The molecule has 3 fully saturated rings. The van der Waals surface area contributed by atoms with E-state index in [2.05, 4.69) is 5.10 Å². The lowest BCUT2D eigenvalue weighted by Gasteiger charge is -2.26. The van der Waals surface area contributed by atoms with Gasteiger partial charge in [-0.15, -0.1) is 0 Å². The van der Waals surface area contributed by atoms with Crippen LogP contribution in [0.3, 0.4) is 0 Å². The van der Waals surface area contributed by atoms with Gasteiger partial charge in [0, 0.05) is 38.0 Å². The molecule has 7 nitrogen and oxygen atoms in total. The van der Waals surface area contributed by atoms with E-state index in [1.807, 2.05) is 17.8 Å². The largest absolute Gasteiger partial charge is 0.481 e. The molecule has 136 valence electrons. The second-order valence-corrected chi connectivity index (χ2v) is 7.59. The van der Waals surface area contributed by atoms with Crippen molar-refractivity contribution in [1.82, 2.24) is 14.7 Å². The highest BCUT2D eigenvalue weighted by atomic mass is 16.5. The number of ether oxygens (including phenoxy) is 1. The van der Waals surface area contributed by atoms with Gasteiger partial charge >= 0.3 is 5.97 Å². The Bertz CT molecular complexity index is 688. The van der Waals surface area contributed by atoms with Crippen molar-refractivity contribution in [3.8, 4) is 0 Å². The van der Waals surface area contributed by atoms with Crippen LogP contribution in [0, 0.1) is 17.3 Å². The van der Waals surface area contributed by atoms with Crippen LogP contribution in [0.1, 0.15) is 44.3 Å². The maximum absolute atomic E-state index is 13.1. The first-order valence-corrected chi connectivity index (χ1v) is 9.21. The number of aliphatic carboxylic acids is 1. The third-order valence-electron chi connectivity index (χ3n) is 6.32. The van der Waals surface area contributed by atoms with Gasteiger partial charge in [0.2, 0.25) is 5.91 Å². The van der Waals surface area contributed by atoms with E-state index in [1.54, 1.807) is 11.1 Å². The number of hydrogen-bond donors (Lipinski definition) is 1. The first-order chi connectivity index (χ1) is 12.0. The minimum absolute atomic E-state index is 0.0433. The second-order valence-electron chi connectivity index (χ2n) is 7.59. The zero-order chi connectivity index (χ0) is 17.6. The van der Waals surface area contributed by atoms with Crippen LogP contribution in [-0.4, -0.2) is 51.4 Å². The molecule has 1 N–H and O–H groups in total. The molecule has 4 atom stereocenters. The number of nitrogens with zero attached hydrogens (tertiary/aromatic N) is 3. The fourth-order valence-corrected chi connectivity index (χ4v) is 4.91. The lowest BCUT2D eigenvalue weighted by Crippen LogP contribution is -2.39. The third kappa shape index (κ3) is 2.56. The molecule has 1 aromatic rings. The summed E-state index contributed by atoms with van der Waals surface area (Å²) in [6.45, 7) is 4.27. The van der Waals surface area contributed by atoms with Crippen LogP contribution in [0.25, 0.3) is 0 Å². The number of aryl methyl sites for hydroxylation is 1. The number of hydrogen-bond acceptors (Lipinski definition) is 4. The lowest BCUT2D eigenvalue weighted by molar-refractivity contribution is -0.149. The Morgan fingerprint density at radius 2 is 2.28 bits per heavy atom. The summed E-state index contributed by atoms with van der Waals surface area (Å²) in [4.78, 5) is 26.8. The summed E-state index contributed by atoms with van der Waals surface area (Å²) in [5.41, 5.74) is 0.211. The average Bonchev–Trinajstić information content (AvgIpc) is 3.33. The molecule has 4 rings (SSSR count). The number of rotatable bonds is 4. The number of aromatic nitrogens is 2. The Hall–Kier alpha value is -1.89. The van der Waals surface area contributed by atoms with E-state index >= 15 is 0 Å². The van der Waals surface area contributed by atoms with Crippen LogP contribution in [0.5, 0.6) is 0 Å². The van der Waals surface area contributed by atoms with Gasteiger partial charge in [-0.05, 0) is 32.1 Å². The number of carboxylic acids is 1. The van der Waals surface area contributed by atoms with E-state index in [1.165, 1.54) is 0 Å². The highest BCUT2D eigenvalue weighted by Gasteiger charge is 2.56. The van der Waals surface area contributed by atoms with Crippen LogP contribution >= 0.6 is 0 Å². The summed E-state index contributed by atoms with van der Waals surface area (Å²) < 4.78 is 7.67. The monoisotopic (exact) mass is 347 g/mol. The van der Waals surface area contributed by atoms with Gasteiger partial charge in [-0.2, -0.15) is 5.10 Å². The van der Waals surface area contributed by atoms with Gasteiger partial charge in [0.1, 0.15) is 0 Å². The van der Waals surface area contributed by atoms with Gasteiger partial charge in [0.05, 0.1) is 23.6 Å². The number of carbonyl (C=O) groups excluding carboxylic acids is 1. The maximum Gasteiger partial charge on any atom is 0.311 e. The van der Waals surface area contributed by atoms with Crippen molar-refractivity contribution in [1.29, 1.82) is 0 Å². The standard InChI is InChI=1S/C18H25N3O4/c1-2-21-9-12(8-19-21)15-14(5-7-25-15)16(22)20-10-13-4-3-6-18(13,11-20)17(23)24/h8-9,13-15H,2-7,10-11H2,1H3,(H,23,24)/t13-,14-,15+,18+/m0/s1. The lowest BCUT2D eigenvalue weighted by atomic mass is 9.81. The Balaban J connectivity index is 1.52. The molecule has 0 spiro atoms. The topological polar surface area (TPSA) is 84.7 Å². The highest BCUT2D eigenvalue weighted by molar-refractivity contribution is 5.83. The summed E-state index contributed by atoms with van der Waals surface area (Å²) in [5.74, 6) is -0.841. The van der Waals surface area contributed by atoms with Crippen LogP contribution in [0.2, 0.25) is 0 Å². The normalized spacial score (nSPS) is 34.4. The number of carbonyl (C=O) groups is 2. The first-order valence-electron chi connectivity index (χ1n) is 9.21. The number of carboxylic acid groups (broad SMARTS) is 1. The minimum atomic E-state index is -0.742. The minimum Gasteiger partial charge on any atom is -0.481 e. The molecule has 2 saturated heterocycles. The summed E-state index contributed by atoms with van der Waals surface area (Å²) in [7, 11) is 0. The predicted molar refractivity (Wildman–Crippen MR) is 88.7 cm³/mol. The van der Waals surface area contributed by atoms with E-state index in [9.17, 15) is 14.7 Å². The van der Waals surface area contributed by atoms with Gasteiger partial charge < -0.3 is 14.7 Å². The van der Waals surface area contributed by atoms with Crippen LogP contribution in [0.15, 0.2) is 12.4 Å². The van der Waals surface area contributed by atoms with E-state index in [-0.39, 0.29) is 23.8 Å². The highest BCUT2D eigenvalue weighted by Crippen LogP contribution is 2.50. The molecule has 0 aromatic carbocycles. The molecule has 2 aliphatic heterocycles. The summed E-state index contributed by atoms with van der Waals surface area (Å²) in [5, 5.41) is 14.0. The van der Waals surface area contributed by atoms with Crippen molar-refractivity contribution in [2.24, 2.45) is 17.3 Å². The summed E-state index contributed by atoms with van der Waals surface area (Å²) in [6, 6.07) is 0. The summed E-state index contributed by atoms with van der Waals surface area (Å²) in [6.07, 6.45) is 6.67. The SMILES string of the molecule is CCn1cc([C@H]2OCC[C@@H]2C(=O)N2C[C@@H]3CCC[C@@]3(C(=O)O)C2)cn1. The van der Waals surface area contributed by atoms with Gasteiger partial charge in [0.25, 0.3) is 0 Å². The Kier molecular flexibility index (Phi) is 4.06. The molecular weight excluding hydrogens is 322 g/mol. The molecule has 1 aliphatic carbocycles.